The first-order valence-corrected chi connectivity index (χ1v) is 9.86. The van der Waals surface area contributed by atoms with Crippen molar-refractivity contribution < 1.29 is 13.2 Å². The van der Waals surface area contributed by atoms with Crippen molar-refractivity contribution in [3.05, 3.63) is 0 Å². The summed E-state index contributed by atoms with van der Waals surface area (Å²) in [7, 11) is -3.12. The molecule has 1 saturated carbocycles. The van der Waals surface area contributed by atoms with Gasteiger partial charge in [0.15, 0.2) is 0 Å². The molecule has 0 aromatic rings. The summed E-state index contributed by atoms with van der Waals surface area (Å²) in [6.45, 7) is 5.69. The first-order valence-electron chi connectivity index (χ1n) is 8.02. The summed E-state index contributed by atoms with van der Waals surface area (Å²) >= 11 is 0. The predicted octanol–water partition coefficient (Wildman–Crippen LogP) is -0.431. The molecule has 0 aromatic heterocycles. The summed E-state index contributed by atoms with van der Waals surface area (Å²) < 4.78 is 31.3. The molecule has 1 spiro atoms. The number of likely N-dealkylation sites (tertiary alicyclic amines) is 1. The lowest BCUT2D eigenvalue weighted by atomic mass is 9.79. The maximum absolute atomic E-state index is 12.0. The third-order valence-corrected chi connectivity index (χ3v) is 6.99. The van der Waals surface area contributed by atoms with Gasteiger partial charge in [0.2, 0.25) is 10.0 Å². The third kappa shape index (κ3) is 2.34. The summed E-state index contributed by atoms with van der Waals surface area (Å²) in [6.07, 6.45) is 5.32. The number of hydrogen-bond donors (Lipinski definition) is 0. The van der Waals surface area contributed by atoms with Gasteiger partial charge in [-0.2, -0.15) is 4.31 Å². The molecule has 1 atom stereocenters. The molecule has 0 aromatic carbocycles. The van der Waals surface area contributed by atoms with Gasteiger partial charge < -0.3 is 4.74 Å². The van der Waals surface area contributed by atoms with Gasteiger partial charge in [-0.15, -0.1) is 0 Å². The van der Waals surface area contributed by atoms with Crippen molar-refractivity contribution in [2.45, 2.75) is 36.9 Å². The van der Waals surface area contributed by atoms with Crippen LogP contribution in [-0.4, -0.2) is 92.3 Å². The molecule has 0 N–H and O–H groups in total. The number of sulfonamides is 1. The SMILES string of the molecule is CS(=O)(=O)N1CC2COCCN2C2(CN(C3CCC3)C2)C1. The quantitative estimate of drug-likeness (QED) is 0.692. The monoisotopic (exact) mass is 315 g/mol. The molecule has 1 aliphatic carbocycles. The van der Waals surface area contributed by atoms with Gasteiger partial charge in [0.05, 0.1) is 25.0 Å². The van der Waals surface area contributed by atoms with Crippen molar-refractivity contribution in [1.29, 1.82) is 0 Å². The van der Waals surface area contributed by atoms with Gasteiger partial charge in [-0.3, -0.25) is 9.80 Å². The number of rotatable bonds is 2. The van der Waals surface area contributed by atoms with Crippen LogP contribution in [0.3, 0.4) is 0 Å². The number of ether oxygens (including phenoxy) is 1. The van der Waals surface area contributed by atoms with Crippen LogP contribution in [0.1, 0.15) is 19.3 Å². The van der Waals surface area contributed by atoms with Gasteiger partial charge in [0, 0.05) is 44.8 Å². The minimum Gasteiger partial charge on any atom is -0.378 e. The first-order chi connectivity index (χ1) is 9.98. The topological polar surface area (TPSA) is 53.1 Å². The zero-order chi connectivity index (χ0) is 14.7. The number of nitrogens with zero attached hydrogens (tertiary/aromatic N) is 3. The zero-order valence-corrected chi connectivity index (χ0v) is 13.5. The fourth-order valence-electron chi connectivity index (χ4n) is 4.40. The highest BCUT2D eigenvalue weighted by molar-refractivity contribution is 7.88. The molecule has 0 bridgehead atoms. The summed E-state index contributed by atoms with van der Waals surface area (Å²) in [5.41, 5.74) is 0.0331. The Bertz CT molecular complexity index is 514. The molecule has 6 nitrogen and oxygen atoms in total. The van der Waals surface area contributed by atoms with E-state index in [2.05, 4.69) is 9.80 Å². The highest BCUT2D eigenvalue weighted by Crippen LogP contribution is 2.40. The molecule has 3 aliphatic heterocycles. The number of fused-ring (bicyclic) bond motifs is 2. The van der Waals surface area contributed by atoms with Crippen LogP contribution in [0.5, 0.6) is 0 Å². The van der Waals surface area contributed by atoms with Crippen LogP contribution < -0.4 is 0 Å². The van der Waals surface area contributed by atoms with Crippen molar-refractivity contribution in [3.8, 4) is 0 Å². The van der Waals surface area contributed by atoms with E-state index in [0.29, 0.717) is 19.7 Å². The lowest BCUT2D eigenvalue weighted by Gasteiger charge is -2.65. The molecule has 3 heterocycles. The lowest BCUT2D eigenvalue weighted by Crippen LogP contribution is -2.82. The van der Waals surface area contributed by atoms with E-state index in [0.717, 1.165) is 32.3 Å². The molecule has 120 valence electrons. The second kappa shape index (κ2) is 4.89. The van der Waals surface area contributed by atoms with Gasteiger partial charge in [-0.25, -0.2) is 8.42 Å². The van der Waals surface area contributed by atoms with Crippen LogP contribution in [0, 0.1) is 0 Å². The molecule has 0 radical (unpaired) electrons. The van der Waals surface area contributed by atoms with Crippen LogP contribution in [0.25, 0.3) is 0 Å². The van der Waals surface area contributed by atoms with E-state index in [1.165, 1.54) is 25.5 Å². The van der Waals surface area contributed by atoms with Crippen LogP contribution >= 0.6 is 0 Å². The molecule has 7 heteroatoms. The van der Waals surface area contributed by atoms with Crippen molar-refractivity contribution in [2.75, 3.05) is 52.2 Å². The molecule has 4 aliphatic rings. The van der Waals surface area contributed by atoms with E-state index >= 15 is 0 Å². The van der Waals surface area contributed by atoms with Crippen LogP contribution in [0.2, 0.25) is 0 Å². The van der Waals surface area contributed by atoms with E-state index in [1.54, 1.807) is 4.31 Å². The molecule has 4 rings (SSSR count). The first kappa shape index (κ1) is 14.4. The van der Waals surface area contributed by atoms with E-state index in [-0.39, 0.29) is 11.6 Å². The van der Waals surface area contributed by atoms with Crippen molar-refractivity contribution >= 4 is 10.0 Å². The molecule has 4 fully saturated rings. The van der Waals surface area contributed by atoms with Gasteiger partial charge >= 0.3 is 0 Å². The molecular weight excluding hydrogens is 290 g/mol. The van der Waals surface area contributed by atoms with Gasteiger partial charge in [0.25, 0.3) is 0 Å². The van der Waals surface area contributed by atoms with Gasteiger partial charge in [0.1, 0.15) is 0 Å². The van der Waals surface area contributed by atoms with Crippen molar-refractivity contribution in [3.63, 3.8) is 0 Å². The van der Waals surface area contributed by atoms with E-state index in [4.69, 9.17) is 4.74 Å². The Morgan fingerprint density at radius 1 is 1.14 bits per heavy atom. The smallest absolute Gasteiger partial charge is 0.211 e. The minimum absolute atomic E-state index is 0.0331. The number of hydrogen-bond acceptors (Lipinski definition) is 5. The Morgan fingerprint density at radius 3 is 2.52 bits per heavy atom. The minimum atomic E-state index is -3.12. The lowest BCUT2D eigenvalue weighted by molar-refractivity contribution is -0.166. The van der Waals surface area contributed by atoms with E-state index in [9.17, 15) is 8.42 Å². The van der Waals surface area contributed by atoms with Crippen LogP contribution in [-0.2, 0) is 14.8 Å². The molecular formula is C14H25N3O3S. The molecule has 3 saturated heterocycles. The summed E-state index contributed by atoms with van der Waals surface area (Å²) in [5, 5.41) is 0. The normalized spacial score (nSPS) is 35.2. The highest BCUT2D eigenvalue weighted by atomic mass is 32.2. The number of morpholine rings is 1. The molecule has 1 unspecified atom stereocenters. The van der Waals surface area contributed by atoms with Crippen LogP contribution in [0.15, 0.2) is 0 Å². The Labute approximate surface area is 127 Å². The van der Waals surface area contributed by atoms with Crippen molar-refractivity contribution in [1.82, 2.24) is 14.1 Å². The summed E-state index contributed by atoms with van der Waals surface area (Å²) in [6, 6.07) is 0.981. The zero-order valence-electron chi connectivity index (χ0n) is 12.7. The van der Waals surface area contributed by atoms with Crippen molar-refractivity contribution in [2.24, 2.45) is 0 Å². The van der Waals surface area contributed by atoms with Gasteiger partial charge in [-0.05, 0) is 12.8 Å². The van der Waals surface area contributed by atoms with Crippen LogP contribution in [0.4, 0.5) is 0 Å². The largest absolute Gasteiger partial charge is 0.378 e. The highest BCUT2D eigenvalue weighted by Gasteiger charge is 2.56. The number of piperazine rings is 1. The third-order valence-electron chi connectivity index (χ3n) is 5.78. The Hall–Kier alpha value is -0.210. The maximum atomic E-state index is 12.0. The second-order valence-electron chi connectivity index (χ2n) is 7.19. The average molecular weight is 315 g/mol. The maximum Gasteiger partial charge on any atom is 0.211 e. The molecule has 21 heavy (non-hydrogen) atoms. The predicted molar refractivity (Wildman–Crippen MR) is 79.7 cm³/mol. The summed E-state index contributed by atoms with van der Waals surface area (Å²) in [4.78, 5) is 5.11. The second-order valence-corrected chi connectivity index (χ2v) is 9.17. The molecule has 0 amide bonds. The van der Waals surface area contributed by atoms with Gasteiger partial charge in [-0.1, -0.05) is 6.42 Å². The Kier molecular flexibility index (Phi) is 3.35. The Morgan fingerprint density at radius 2 is 1.90 bits per heavy atom. The van der Waals surface area contributed by atoms with E-state index < -0.39 is 10.0 Å². The summed E-state index contributed by atoms with van der Waals surface area (Å²) in [5.74, 6) is 0. The fourth-order valence-corrected chi connectivity index (χ4v) is 5.32. The fraction of sp³-hybridized carbons (Fsp3) is 1.00. The Balaban J connectivity index is 1.55. The van der Waals surface area contributed by atoms with E-state index in [1.807, 2.05) is 0 Å². The standard InChI is InChI=1S/C14H25N3O3S/c1-21(18,19)16-7-13-8-20-6-5-17(13)14(11-16)9-15(10-14)12-3-2-4-12/h12-13H,2-11H2,1H3. The average Bonchev–Trinajstić information content (AvgIpc) is 2.33.